The first kappa shape index (κ1) is 24.6. The lowest BCUT2D eigenvalue weighted by Gasteiger charge is -2.14. The number of carbonyl (C=O) groups excluding carboxylic acids is 3. The summed E-state index contributed by atoms with van der Waals surface area (Å²) in [6.45, 7) is 0.473. The second kappa shape index (κ2) is 11.7. The SMILES string of the molecule is COCCCN1C(=O)S/C(=C/c2cc(Cl)c(OCC(=O)Nc3ccccc3)c(OC)c2)C1=O. The number of nitrogens with zero attached hydrogens (tertiary/aromatic N) is 1. The molecule has 1 heterocycles. The van der Waals surface area contributed by atoms with Crippen LogP contribution >= 0.6 is 23.4 Å². The molecule has 0 radical (unpaired) electrons. The zero-order valence-electron chi connectivity index (χ0n) is 18.1. The van der Waals surface area contributed by atoms with E-state index in [2.05, 4.69) is 5.32 Å². The van der Waals surface area contributed by atoms with Crippen LogP contribution in [0, 0.1) is 0 Å². The van der Waals surface area contributed by atoms with Crippen LogP contribution < -0.4 is 14.8 Å². The van der Waals surface area contributed by atoms with E-state index < -0.39 is 0 Å². The lowest BCUT2D eigenvalue weighted by molar-refractivity contribution is -0.123. The molecular weight excluding hydrogens is 468 g/mol. The van der Waals surface area contributed by atoms with Gasteiger partial charge in [0.15, 0.2) is 18.1 Å². The van der Waals surface area contributed by atoms with Crippen molar-refractivity contribution in [2.75, 3.05) is 39.3 Å². The van der Waals surface area contributed by atoms with Gasteiger partial charge in [0.2, 0.25) is 0 Å². The molecule has 0 spiro atoms. The number of rotatable bonds is 10. The monoisotopic (exact) mass is 490 g/mol. The van der Waals surface area contributed by atoms with E-state index in [0.717, 1.165) is 11.8 Å². The van der Waals surface area contributed by atoms with E-state index >= 15 is 0 Å². The Labute approximate surface area is 200 Å². The summed E-state index contributed by atoms with van der Waals surface area (Å²) in [7, 11) is 3.00. The van der Waals surface area contributed by atoms with Crippen molar-refractivity contribution in [1.29, 1.82) is 0 Å². The Morgan fingerprint density at radius 3 is 2.64 bits per heavy atom. The van der Waals surface area contributed by atoms with Crippen molar-refractivity contribution in [2.24, 2.45) is 0 Å². The number of imide groups is 1. The third kappa shape index (κ3) is 6.50. The summed E-state index contributed by atoms with van der Waals surface area (Å²) in [6, 6.07) is 12.2. The molecule has 0 aromatic heterocycles. The molecule has 1 N–H and O–H groups in total. The van der Waals surface area contributed by atoms with Crippen LogP contribution in [0.2, 0.25) is 5.02 Å². The molecule has 0 aliphatic carbocycles. The van der Waals surface area contributed by atoms with E-state index in [9.17, 15) is 14.4 Å². The van der Waals surface area contributed by atoms with Crippen molar-refractivity contribution in [3.63, 3.8) is 0 Å². The average molecular weight is 491 g/mol. The van der Waals surface area contributed by atoms with E-state index in [1.165, 1.54) is 12.0 Å². The van der Waals surface area contributed by atoms with Crippen molar-refractivity contribution >= 4 is 52.2 Å². The zero-order chi connectivity index (χ0) is 23.8. The molecule has 2 aromatic carbocycles. The summed E-state index contributed by atoms with van der Waals surface area (Å²) in [4.78, 5) is 38.4. The molecule has 10 heteroatoms. The third-order valence-corrected chi connectivity index (χ3v) is 5.75. The summed E-state index contributed by atoms with van der Waals surface area (Å²) in [5.74, 6) is -0.229. The molecule has 1 saturated heterocycles. The number of halogens is 1. The van der Waals surface area contributed by atoms with Gasteiger partial charge in [-0.15, -0.1) is 0 Å². The molecule has 0 bridgehead atoms. The summed E-state index contributed by atoms with van der Waals surface area (Å²) >= 11 is 7.23. The van der Waals surface area contributed by atoms with Crippen LogP contribution in [-0.2, 0) is 14.3 Å². The first-order valence-corrected chi connectivity index (χ1v) is 11.2. The Bertz CT molecular complexity index is 1060. The second-order valence-corrected chi connectivity index (χ2v) is 8.32. The fraction of sp³-hybridized carbons (Fsp3) is 0.261. The van der Waals surface area contributed by atoms with Crippen molar-refractivity contribution < 1.29 is 28.6 Å². The van der Waals surface area contributed by atoms with E-state index in [1.54, 1.807) is 37.5 Å². The van der Waals surface area contributed by atoms with Gasteiger partial charge in [-0.3, -0.25) is 19.3 Å². The quantitative estimate of drug-likeness (QED) is 0.388. The molecule has 3 amide bonds. The molecule has 0 atom stereocenters. The molecule has 8 nitrogen and oxygen atoms in total. The minimum absolute atomic E-state index is 0.201. The largest absolute Gasteiger partial charge is 0.493 e. The zero-order valence-corrected chi connectivity index (χ0v) is 19.7. The summed E-state index contributed by atoms with van der Waals surface area (Å²) in [5.41, 5.74) is 1.20. The number of amides is 3. The highest BCUT2D eigenvalue weighted by molar-refractivity contribution is 8.18. The van der Waals surface area contributed by atoms with Gasteiger partial charge in [0.25, 0.3) is 17.1 Å². The number of nitrogens with one attached hydrogen (secondary N) is 1. The number of benzene rings is 2. The van der Waals surface area contributed by atoms with Crippen molar-refractivity contribution in [2.45, 2.75) is 6.42 Å². The van der Waals surface area contributed by atoms with Crippen LogP contribution in [0.15, 0.2) is 47.4 Å². The van der Waals surface area contributed by atoms with Crippen LogP contribution in [0.25, 0.3) is 6.08 Å². The molecular formula is C23H23ClN2O6S. The Morgan fingerprint density at radius 2 is 1.94 bits per heavy atom. The summed E-state index contributed by atoms with van der Waals surface area (Å²) in [6.07, 6.45) is 2.13. The number of ether oxygens (including phenoxy) is 3. The molecule has 1 aliphatic heterocycles. The predicted octanol–water partition coefficient (Wildman–Crippen LogP) is 4.44. The van der Waals surface area contributed by atoms with Gasteiger partial charge in [-0.2, -0.15) is 0 Å². The first-order chi connectivity index (χ1) is 15.9. The number of anilines is 1. The van der Waals surface area contributed by atoms with Gasteiger partial charge in [-0.25, -0.2) is 0 Å². The van der Waals surface area contributed by atoms with Gasteiger partial charge in [-0.05, 0) is 54.1 Å². The number of hydrogen-bond acceptors (Lipinski definition) is 7. The van der Waals surface area contributed by atoms with Crippen LogP contribution in [0.3, 0.4) is 0 Å². The number of para-hydroxylation sites is 1. The molecule has 1 fully saturated rings. The van der Waals surface area contributed by atoms with Crippen molar-refractivity contribution in [3.05, 3.63) is 58.0 Å². The average Bonchev–Trinajstić information content (AvgIpc) is 3.06. The fourth-order valence-corrected chi connectivity index (χ4v) is 4.17. The first-order valence-electron chi connectivity index (χ1n) is 10.0. The van der Waals surface area contributed by atoms with E-state index in [-0.39, 0.29) is 45.9 Å². The molecule has 3 rings (SSSR count). The fourth-order valence-electron chi connectivity index (χ4n) is 3.03. The second-order valence-electron chi connectivity index (χ2n) is 6.92. The lowest BCUT2D eigenvalue weighted by Crippen LogP contribution is -2.29. The highest BCUT2D eigenvalue weighted by atomic mass is 35.5. The van der Waals surface area contributed by atoms with Gasteiger partial charge in [-0.1, -0.05) is 29.8 Å². The Kier molecular flexibility index (Phi) is 8.76. The van der Waals surface area contributed by atoms with Crippen LogP contribution in [0.1, 0.15) is 12.0 Å². The maximum absolute atomic E-state index is 12.6. The van der Waals surface area contributed by atoms with Gasteiger partial charge in [0, 0.05) is 25.9 Å². The molecule has 33 heavy (non-hydrogen) atoms. The van der Waals surface area contributed by atoms with Crippen molar-refractivity contribution in [1.82, 2.24) is 4.90 Å². The summed E-state index contributed by atoms with van der Waals surface area (Å²) < 4.78 is 15.9. The molecule has 0 unspecified atom stereocenters. The number of methoxy groups -OCH3 is 2. The van der Waals surface area contributed by atoms with Crippen molar-refractivity contribution in [3.8, 4) is 11.5 Å². The van der Waals surface area contributed by atoms with Gasteiger partial charge in [0.1, 0.15) is 0 Å². The molecule has 1 aliphatic rings. The van der Waals surface area contributed by atoms with Crippen LogP contribution in [0.4, 0.5) is 10.5 Å². The molecule has 2 aromatic rings. The highest BCUT2D eigenvalue weighted by Crippen LogP contribution is 2.39. The molecule has 174 valence electrons. The predicted molar refractivity (Wildman–Crippen MR) is 128 cm³/mol. The van der Waals surface area contributed by atoms with E-state index in [4.69, 9.17) is 25.8 Å². The topological polar surface area (TPSA) is 94.2 Å². The Hall–Kier alpha value is -3.01. The van der Waals surface area contributed by atoms with E-state index in [0.29, 0.717) is 30.0 Å². The smallest absolute Gasteiger partial charge is 0.293 e. The maximum Gasteiger partial charge on any atom is 0.293 e. The summed E-state index contributed by atoms with van der Waals surface area (Å²) in [5, 5.41) is 2.59. The standard InChI is InChI=1S/C23H23ClN2O6S/c1-30-10-6-9-26-22(28)19(33-23(26)29)13-15-11-17(24)21(18(12-15)31-2)32-14-20(27)25-16-7-4-3-5-8-16/h3-5,7-8,11-13H,6,9-10,14H2,1-2H3,(H,25,27)/b19-13+. The number of thioether (sulfide) groups is 1. The number of hydrogen-bond donors (Lipinski definition) is 1. The highest BCUT2D eigenvalue weighted by Gasteiger charge is 2.34. The van der Waals surface area contributed by atoms with Gasteiger partial charge >= 0.3 is 0 Å². The Balaban J connectivity index is 1.70. The van der Waals surface area contributed by atoms with Crippen LogP contribution in [-0.4, -0.2) is 55.9 Å². The third-order valence-electron chi connectivity index (χ3n) is 4.56. The Morgan fingerprint density at radius 1 is 1.18 bits per heavy atom. The minimum Gasteiger partial charge on any atom is -0.493 e. The molecule has 0 saturated carbocycles. The normalized spacial score (nSPS) is 14.6. The van der Waals surface area contributed by atoms with E-state index in [1.807, 2.05) is 18.2 Å². The van der Waals surface area contributed by atoms with Gasteiger partial charge < -0.3 is 19.5 Å². The number of carbonyl (C=O) groups is 3. The lowest BCUT2D eigenvalue weighted by atomic mass is 10.1. The van der Waals surface area contributed by atoms with Crippen LogP contribution in [0.5, 0.6) is 11.5 Å². The maximum atomic E-state index is 12.6. The minimum atomic E-state index is -0.367. The van der Waals surface area contributed by atoms with Gasteiger partial charge in [0.05, 0.1) is 17.0 Å².